The molecule has 0 bridgehead atoms. The quantitative estimate of drug-likeness (QED) is 0.390. The average molecular weight is 473 g/mol. The summed E-state index contributed by atoms with van der Waals surface area (Å²) in [6.45, 7) is 5.29. The number of carbonyl (C=O) groups is 1. The molecule has 0 saturated carbocycles. The minimum atomic E-state index is -4.60. The molecule has 0 radical (unpaired) electrons. The number of hydrogen-bond donors (Lipinski definition) is 0. The van der Waals surface area contributed by atoms with E-state index in [-0.39, 0.29) is 5.56 Å². The van der Waals surface area contributed by atoms with E-state index in [1.165, 1.54) is 22.3 Å². The number of pyridine rings is 1. The van der Waals surface area contributed by atoms with Gasteiger partial charge >= 0.3 is 6.18 Å². The molecule has 2 aromatic heterocycles. The normalized spacial score (nSPS) is 14.7. The van der Waals surface area contributed by atoms with Crippen LogP contribution < -0.4 is 0 Å². The van der Waals surface area contributed by atoms with Crippen molar-refractivity contribution in [2.24, 2.45) is 5.92 Å². The summed E-state index contributed by atoms with van der Waals surface area (Å²) >= 11 is 1.49. The summed E-state index contributed by atoms with van der Waals surface area (Å²) in [4.78, 5) is 19.8. The van der Waals surface area contributed by atoms with Gasteiger partial charge in [-0.1, -0.05) is 19.9 Å². The van der Waals surface area contributed by atoms with Gasteiger partial charge in [-0.05, 0) is 84.0 Å². The Hall–Kier alpha value is -2.67. The zero-order chi connectivity index (χ0) is 23.6. The van der Waals surface area contributed by atoms with Gasteiger partial charge in [0.1, 0.15) is 0 Å². The maximum atomic E-state index is 13.9. The van der Waals surface area contributed by atoms with Gasteiger partial charge in [0, 0.05) is 29.9 Å². The summed E-state index contributed by atoms with van der Waals surface area (Å²) < 4.78 is 41.7. The third-order valence-electron chi connectivity index (χ3n) is 5.85. The van der Waals surface area contributed by atoms with Crippen molar-refractivity contribution in [3.05, 3.63) is 64.8 Å². The fourth-order valence-corrected chi connectivity index (χ4v) is 5.13. The predicted octanol–water partition coefficient (Wildman–Crippen LogP) is 7.32. The molecule has 4 rings (SSSR count). The number of halogens is 3. The molecule has 7 heteroatoms. The molecule has 1 fully saturated rings. The molecule has 174 valence electrons. The summed E-state index contributed by atoms with van der Waals surface area (Å²) in [6, 6.07) is 9.92. The lowest BCUT2D eigenvalue weighted by Gasteiger charge is -2.28. The molecule has 0 unspecified atom stereocenters. The van der Waals surface area contributed by atoms with E-state index in [1.54, 1.807) is 12.3 Å². The number of piperidine rings is 1. The Balaban J connectivity index is 1.65. The number of aromatic nitrogens is 1. The van der Waals surface area contributed by atoms with E-state index in [0.29, 0.717) is 30.1 Å². The van der Waals surface area contributed by atoms with Gasteiger partial charge in [-0.2, -0.15) is 13.2 Å². The molecule has 0 atom stereocenters. The van der Waals surface area contributed by atoms with Crippen molar-refractivity contribution in [1.29, 1.82) is 0 Å². The fourth-order valence-electron chi connectivity index (χ4n) is 4.21. The molecular weight excluding hydrogens is 445 g/mol. The van der Waals surface area contributed by atoms with Crippen molar-refractivity contribution in [2.75, 3.05) is 13.1 Å². The van der Waals surface area contributed by atoms with Crippen molar-refractivity contribution in [3.8, 4) is 21.6 Å². The Labute approximate surface area is 196 Å². The van der Waals surface area contributed by atoms with Gasteiger partial charge in [-0.15, -0.1) is 11.3 Å². The van der Waals surface area contributed by atoms with Gasteiger partial charge < -0.3 is 4.90 Å². The van der Waals surface area contributed by atoms with E-state index in [2.05, 4.69) is 18.8 Å². The lowest BCUT2D eigenvalue weighted by Crippen LogP contribution is -2.36. The van der Waals surface area contributed by atoms with E-state index >= 15 is 0 Å². The SMILES string of the molecule is CC(C)Cc1cc(-c2cc(-c3ccc(C(=O)N4CCCCC4)c(C(F)(F)F)c3)cs2)ccn1. The average Bonchev–Trinajstić information content (AvgIpc) is 3.28. The Morgan fingerprint density at radius 1 is 1.03 bits per heavy atom. The summed E-state index contributed by atoms with van der Waals surface area (Å²) in [5.41, 5.74) is 2.03. The molecule has 1 amide bonds. The molecular formula is C26H27F3N2OS. The highest BCUT2D eigenvalue weighted by Crippen LogP contribution is 2.38. The smallest absolute Gasteiger partial charge is 0.339 e. The van der Waals surface area contributed by atoms with Gasteiger partial charge in [0.2, 0.25) is 0 Å². The number of likely N-dealkylation sites (tertiary alicyclic amines) is 1. The lowest BCUT2D eigenvalue weighted by atomic mass is 9.98. The van der Waals surface area contributed by atoms with Crippen LogP contribution >= 0.6 is 11.3 Å². The van der Waals surface area contributed by atoms with Crippen LogP contribution in [0.15, 0.2) is 48.0 Å². The first-order valence-electron chi connectivity index (χ1n) is 11.3. The number of thiophene rings is 1. The van der Waals surface area contributed by atoms with Crippen LogP contribution in [-0.2, 0) is 12.6 Å². The molecule has 1 aromatic carbocycles. The van der Waals surface area contributed by atoms with E-state index < -0.39 is 17.6 Å². The number of nitrogens with zero attached hydrogens (tertiary/aromatic N) is 2. The van der Waals surface area contributed by atoms with Crippen molar-refractivity contribution in [1.82, 2.24) is 9.88 Å². The number of alkyl halides is 3. The van der Waals surface area contributed by atoms with Gasteiger partial charge in [-0.25, -0.2) is 0 Å². The second-order valence-corrected chi connectivity index (χ2v) is 9.86. The first-order valence-corrected chi connectivity index (χ1v) is 12.1. The zero-order valence-electron chi connectivity index (χ0n) is 18.8. The largest absolute Gasteiger partial charge is 0.417 e. The van der Waals surface area contributed by atoms with Crippen molar-refractivity contribution >= 4 is 17.2 Å². The van der Waals surface area contributed by atoms with Gasteiger partial charge in [0.15, 0.2) is 0 Å². The zero-order valence-corrected chi connectivity index (χ0v) is 19.6. The van der Waals surface area contributed by atoms with Gasteiger partial charge in [-0.3, -0.25) is 9.78 Å². The van der Waals surface area contributed by atoms with Crippen LogP contribution in [0.4, 0.5) is 13.2 Å². The Morgan fingerprint density at radius 3 is 2.48 bits per heavy atom. The summed E-state index contributed by atoms with van der Waals surface area (Å²) in [7, 11) is 0. The monoisotopic (exact) mass is 472 g/mol. The van der Waals surface area contributed by atoms with Gasteiger partial charge in [0.05, 0.1) is 11.1 Å². The van der Waals surface area contributed by atoms with Crippen LogP contribution in [0.25, 0.3) is 21.6 Å². The molecule has 0 N–H and O–H groups in total. The highest BCUT2D eigenvalue weighted by Gasteiger charge is 2.36. The van der Waals surface area contributed by atoms with Crippen molar-refractivity contribution < 1.29 is 18.0 Å². The second kappa shape index (κ2) is 9.67. The molecule has 1 aliphatic rings. The second-order valence-electron chi connectivity index (χ2n) is 8.94. The topological polar surface area (TPSA) is 33.2 Å². The molecule has 1 saturated heterocycles. The minimum Gasteiger partial charge on any atom is -0.339 e. The van der Waals surface area contributed by atoms with E-state index in [0.717, 1.165) is 47.9 Å². The Kier molecular flexibility index (Phi) is 6.88. The molecule has 0 aliphatic carbocycles. The molecule has 3 aromatic rings. The van der Waals surface area contributed by atoms with Crippen LogP contribution in [0.2, 0.25) is 0 Å². The van der Waals surface area contributed by atoms with Crippen LogP contribution in [0.3, 0.4) is 0 Å². The summed E-state index contributed by atoms with van der Waals surface area (Å²) in [6.07, 6.45) is 0.703. The van der Waals surface area contributed by atoms with Crippen molar-refractivity contribution in [3.63, 3.8) is 0 Å². The van der Waals surface area contributed by atoms with Crippen LogP contribution in [0.5, 0.6) is 0 Å². The molecule has 3 nitrogen and oxygen atoms in total. The molecule has 0 spiro atoms. The summed E-state index contributed by atoms with van der Waals surface area (Å²) in [5, 5.41) is 1.86. The molecule has 3 heterocycles. The van der Waals surface area contributed by atoms with E-state index in [4.69, 9.17) is 0 Å². The maximum Gasteiger partial charge on any atom is 0.417 e. The Bertz CT molecular complexity index is 1130. The number of hydrogen-bond acceptors (Lipinski definition) is 3. The number of rotatable bonds is 5. The molecule has 33 heavy (non-hydrogen) atoms. The predicted molar refractivity (Wildman–Crippen MR) is 126 cm³/mol. The maximum absolute atomic E-state index is 13.9. The highest BCUT2D eigenvalue weighted by atomic mass is 32.1. The minimum absolute atomic E-state index is 0.268. The number of carbonyl (C=O) groups excluding carboxylic acids is 1. The first kappa shape index (κ1) is 23.5. The van der Waals surface area contributed by atoms with Crippen LogP contribution in [0, 0.1) is 5.92 Å². The fraction of sp³-hybridized carbons (Fsp3) is 0.385. The van der Waals surface area contributed by atoms with Crippen LogP contribution in [0.1, 0.15) is 54.7 Å². The first-order chi connectivity index (χ1) is 15.7. The Morgan fingerprint density at radius 2 is 1.79 bits per heavy atom. The third-order valence-corrected chi connectivity index (χ3v) is 6.83. The standard InChI is InChI=1S/C26H27F3N2OS/c1-17(2)12-21-13-19(8-9-30-21)24-15-20(16-33-24)18-6-7-22(23(14-18)26(27,28)29)25(32)31-10-4-3-5-11-31/h6-9,13-17H,3-5,10-12H2,1-2H3. The molecule has 1 aliphatic heterocycles. The third kappa shape index (κ3) is 5.46. The number of amides is 1. The number of benzene rings is 1. The lowest BCUT2D eigenvalue weighted by molar-refractivity contribution is -0.138. The van der Waals surface area contributed by atoms with Crippen molar-refractivity contribution in [2.45, 2.75) is 45.7 Å². The highest BCUT2D eigenvalue weighted by molar-refractivity contribution is 7.14. The van der Waals surface area contributed by atoms with E-state index in [1.807, 2.05) is 23.6 Å². The van der Waals surface area contributed by atoms with Crippen LogP contribution in [-0.4, -0.2) is 28.9 Å². The van der Waals surface area contributed by atoms with E-state index in [9.17, 15) is 18.0 Å². The summed E-state index contributed by atoms with van der Waals surface area (Å²) in [5.74, 6) is -0.0485. The van der Waals surface area contributed by atoms with Gasteiger partial charge in [0.25, 0.3) is 5.91 Å².